The Hall–Kier alpha value is -3.39. The number of aliphatic hydroxyl groups excluding tert-OH is 1. The predicted octanol–water partition coefficient (Wildman–Crippen LogP) is 3.53. The number of fused-ring (bicyclic) bond motifs is 1. The van der Waals surface area contributed by atoms with Crippen LogP contribution < -0.4 is 5.32 Å². The molecule has 0 atom stereocenters. The topological polar surface area (TPSA) is 86.7 Å². The number of anilines is 2. The normalized spacial score (nSPS) is 11.0. The predicted molar refractivity (Wildman–Crippen MR) is 92.7 cm³/mol. The molecule has 2 heterocycles. The van der Waals surface area contributed by atoms with Gasteiger partial charge >= 0.3 is 0 Å². The maximum atomic E-state index is 14.3. The van der Waals surface area contributed by atoms with Gasteiger partial charge < -0.3 is 10.4 Å². The van der Waals surface area contributed by atoms with Crippen molar-refractivity contribution in [3.05, 3.63) is 65.9 Å². The van der Waals surface area contributed by atoms with Crippen LogP contribution in [0.15, 0.2) is 48.7 Å². The van der Waals surface area contributed by atoms with Gasteiger partial charge in [-0.1, -0.05) is 6.07 Å². The summed E-state index contributed by atoms with van der Waals surface area (Å²) in [5.41, 5.74) is 1.13. The smallest absolute Gasteiger partial charge is 0.165 e. The van der Waals surface area contributed by atoms with E-state index in [1.807, 2.05) is 0 Å². The van der Waals surface area contributed by atoms with Gasteiger partial charge in [0.2, 0.25) is 0 Å². The second kappa shape index (κ2) is 6.49. The van der Waals surface area contributed by atoms with Gasteiger partial charge in [-0.2, -0.15) is 5.10 Å². The van der Waals surface area contributed by atoms with Crippen LogP contribution in [0.5, 0.6) is 0 Å². The van der Waals surface area contributed by atoms with Gasteiger partial charge in [-0.25, -0.2) is 18.7 Å². The lowest BCUT2D eigenvalue weighted by Gasteiger charge is -2.11. The van der Waals surface area contributed by atoms with Crippen LogP contribution >= 0.6 is 0 Å². The third kappa shape index (κ3) is 2.98. The van der Waals surface area contributed by atoms with Gasteiger partial charge in [0.15, 0.2) is 5.82 Å². The van der Waals surface area contributed by atoms with Crippen LogP contribution in [0.1, 0.15) is 5.56 Å². The molecular formula is C18H13F2N5O. The van der Waals surface area contributed by atoms with Crippen LogP contribution in [0.2, 0.25) is 0 Å². The third-order valence-electron chi connectivity index (χ3n) is 3.87. The highest BCUT2D eigenvalue weighted by molar-refractivity contribution is 5.92. The first-order valence-corrected chi connectivity index (χ1v) is 7.77. The van der Waals surface area contributed by atoms with E-state index in [1.54, 1.807) is 12.3 Å². The minimum absolute atomic E-state index is 0.124. The van der Waals surface area contributed by atoms with Crippen molar-refractivity contribution < 1.29 is 13.9 Å². The fourth-order valence-corrected chi connectivity index (χ4v) is 2.61. The molecule has 0 saturated carbocycles. The molecule has 0 aliphatic heterocycles. The molecule has 3 N–H and O–H groups in total. The molecule has 2 aromatic carbocycles. The zero-order valence-electron chi connectivity index (χ0n) is 13.4. The summed E-state index contributed by atoms with van der Waals surface area (Å²) in [6.07, 6.45) is 1.55. The highest BCUT2D eigenvalue weighted by atomic mass is 19.1. The van der Waals surface area contributed by atoms with Crippen LogP contribution in [0, 0.1) is 11.6 Å². The molecule has 0 radical (unpaired) electrons. The number of nitrogens with zero attached hydrogens (tertiary/aromatic N) is 3. The number of nitrogens with one attached hydrogen (secondary N) is 2. The monoisotopic (exact) mass is 353 g/mol. The zero-order valence-corrected chi connectivity index (χ0v) is 13.4. The van der Waals surface area contributed by atoms with Gasteiger partial charge in [-0.05, 0) is 35.9 Å². The van der Waals surface area contributed by atoms with Crippen LogP contribution in [0.25, 0.3) is 22.3 Å². The molecule has 0 fully saturated rings. The van der Waals surface area contributed by atoms with Crippen LogP contribution in [-0.2, 0) is 6.61 Å². The number of benzene rings is 2. The Bertz CT molecular complexity index is 1080. The van der Waals surface area contributed by atoms with E-state index in [0.29, 0.717) is 28.1 Å². The molecule has 26 heavy (non-hydrogen) atoms. The molecule has 0 bridgehead atoms. The highest BCUT2D eigenvalue weighted by Crippen LogP contribution is 2.29. The summed E-state index contributed by atoms with van der Waals surface area (Å²) in [7, 11) is 0. The van der Waals surface area contributed by atoms with Gasteiger partial charge in [0.05, 0.1) is 23.9 Å². The SMILES string of the molecule is OCc1ccc(F)c(-c2nc(Nc3ccn[nH]3)c3cc(F)ccc3n2)c1. The summed E-state index contributed by atoms with van der Waals surface area (Å²) in [6.45, 7) is -0.231. The maximum absolute atomic E-state index is 14.3. The highest BCUT2D eigenvalue weighted by Gasteiger charge is 2.14. The van der Waals surface area contributed by atoms with Gasteiger partial charge in [0, 0.05) is 11.5 Å². The number of aliphatic hydroxyl groups is 1. The Morgan fingerprint density at radius 1 is 1.04 bits per heavy atom. The molecule has 4 aromatic rings. The molecule has 4 rings (SSSR count). The van der Waals surface area contributed by atoms with Crippen molar-refractivity contribution in [3.8, 4) is 11.4 Å². The van der Waals surface area contributed by atoms with E-state index in [1.165, 1.54) is 36.4 Å². The number of halogens is 2. The van der Waals surface area contributed by atoms with Crippen LogP contribution in [0.3, 0.4) is 0 Å². The van der Waals surface area contributed by atoms with E-state index in [9.17, 15) is 13.9 Å². The van der Waals surface area contributed by atoms with Crippen molar-refractivity contribution in [2.24, 2.45) is 0 Å². The minimum Gasteiger partial charge on any atom is -0.392 e. The number of hydrogen-bond acceptors (Lipinski definition) is 5. The molecule has 0 saturated heterocycles. The largest absolute Gasteiger partial charge is 0.392 e. The first-order valence-electron chi connectivity index (χ1n) is 7.77. The molecule has 0 aliphatic rings. The van der Waals surface area contributed by atoms with E-state index in [0.717, 1.165) is 0 Å². The standard InChI is InChI=1S/C18H13F2N5O/c19-11-2-4-15-13(8-11)18(23-16-5-6-21-25-16)24-17(22-15)12-7-10(9-26)1-3-14(12)20/h1-8,26H,9H2,(H2,21,22,23,24,25). The third-order valence-corrected chi connectivity index (χ3v) is 3.87. The Kier molecular flexibility index (Phi) is 4.02. The van der Waals surface area contributed by atoms with Crippen LogP contribution in [0.4, 0.5) is 20.4 Å². The molecule has 130 valence electrons. The van der Waals surface area contributed by atoms with E-state index in [4.69, 9.17) is 0 Å². The van der Waals surface area contributed by atoms with E-state index in [-0.39, 0.29) is 18.0 Å². The molecule has 0 spiro atoms. The van der Waals surface area contributed by atoms with Gasteiger partial charge in [0.25, 0.3) is 0 Å². The van der Waals surface area contributed by atoms with Gasteiger partial charge in [-0.15, -0.1) is 0 Å². The lowest BCUT2D eigenvalue weighted by Crippen LogP contribution is -2.01. The Morgan fingerprint density at radius 3 is 2.69 bits per heavy atom. The summed E-state index contributed by atoms with van der Waals surface area (Å²) in [6, 6.07) is 9.99. The molecule has 0 aliphatic carbocycles. The molecule has 0 unspecified atom stereocenters. The van der Waals surface area contributed by atoms with E-state index in [2.05, 4.69) is 25.5 Å². The number of aromatic nitrogens is 4. The molecular weight excluding hydrogens is 340 g/mol. The molecule has 0 amide bonds. The number of hydrogen-bond donors (Lipinski definition) is 3. The summed E-state index contributed by atoms with van der Waals surface area (Å²) < 4.78 is 28.0. The van der Waals surface area contributed by atoms with E-state index >= 15 is 0 Å². The molecule has 6 nitrogen and oxygen atoms in total. The summed E-state index contributed by atoms with van der Waals surface area (Å²) in [5.74, 6) is 0.0254. The second-order valence-electron chi connectivity index (χ2n) is 5.62. The van der Waals surface area contributed by atoms with Gasteiger partial charge in [0.1, 0.15) is 23.3 Å². The Labute approximate surface area is 146 Å². The second-order valence-corrected chi connectivity index (χ2v) is 5.62. The van der Waals surface area contributed by atoms with Crippen molar-refractivity contribution in [1.29, 1.82) is 0 Å². The van der Waals surface area contributed by atoms with Crippen molar-refractivity contribution >= 4 is 22.5 Å². The average molecular weight is 353 g/mol. The first-order chi connectivity index (χ1) is 12.6. The lowest BCUT2D eigenvalue weighted by molar-refractivity contribution is 0.282. The Balaban J connectivity index is 1.92. The van der Waals surface area contributed by atoms with Crippen LogP contribution in [-0.4, -0.2) is 25.3 Å². The summed E-state index contributed by atoms with van der Waals surface area (Å²) >= 11 is 0. The van der Waals surface area contributed by atoms with E-state index < -0.39 is 11.6 Å². The lowest BCUT2D eigenvalue weighted by atomic mass is 10.1. The quantitative estimate of drug-likeness (QED) is 0.522. The minimum atomic E-state index is -0.517. The van der Waals surface area contributed by atoms with Crippen molar-refractivity contribution in [2.45, 2.75) is 6.61 Å². The number of rotatable bonds is 4. The first kappa shape index (κ1) is 16.1. The van der Waals surface area contributed by atoms with Crippen molar-refractivity contribution in [2.75, 3.05) is 5.32 Å². The average Bonchev–Trinajstić information content (AvgIpc) is 3.15. The van der Waals surface area contributed by atoms with Crippen molar-refractivity contribution in [3.63, 3.8) is 0 Å². The summed E-state index contributed by atoms with van der Waals surface area (Å²) in [4.78, 5) is 8.71. The molecule has 8 heteroatoms. The Morgan fingerprint density at radius 2 is 1.92 bits per heavy atom. The fourth-order valence-electron chi connectivity index (χ4n) is 2.61. The molecule has 2 aromatic heterocycles. The summed E-state index contributed by atoms with van der Waals surface area (Å²) in [5, 5.41) is 19.3. The number of aromatic amines is 1. The van der Waals surface area contributed by atoms with Crippen molar-refractivity contribution in [1.82, 2.24) is 20.2 Å². The maximum Gasteiger partial charge on any atom is 0.165 e. The zero-order chi connectivity index (χ0) is 18.1. The fraction of sp³-hybridized carbons (Fsp3) is 0.0556. The van der Waals surface area contributed by atoms with Gasteiger partial charge in [-0.3, -0.25) is 5.10 Å². The number of H-pyrrole nitrogens is 1.